The number of para-hydroxylation sites is 1. The summed E-state index contributed by atoms with van der Waals surface area (Å²) in [7, 11) is 0. The molecule has 0 saturated carbocycles. The molecule has 90 valence electrons. The van der Waals surface area contributed by atoms with Crippen molar-refractivity contribution < 1.29 is 9.84 Å². The van der Waals surface area contributed by atoms with E-state index in [0.717, 1.165) is 16.7 Å². The van der Waals surface area contributed by atoms with Gasteiger partial charge in [-0.2, -0.15) is 0 Å². The van der Waals surface area contributed by atoms with Gasteiger partial charge in [0.2, 0.25) is 0 Å². The average molecular weight is 232 g/mol. The van der Waals surface area contributed by atoms with Gasteiger partial charge in [0.05, 0.1) is 13.2 Å². The summed E-state index contributed by atoms with van der Waals surface area (Å²) >= 11 is 0. The van der Waals surface area contributed by atoms with E-state index in [2.05, 4.69) is 4.98 Å². The Kier molecular flexibility index (Phi) is 3.90. The van der Waals surface area contributed by atoms with Crippen molar-refractivity contribution in [3.8, 4) is 5.75 Å². The van der Waals surface area contributed by atoms with Crippen molar-refractivity contribution in [2.45, 2.75) is 12.5 Å². The topological polar surface area (TPSA) is 68.4 Å². The SMILES string of the molecule is NC(CO)CCOc1cccc2cccnc12. The summed E-state index contributed by atoms with van der Waals surface area (Å²) < 4.78 is 5.64. The summed E-state index contributed by atoms with van der Waals surface area (Å²) in [5, 5.41) is 9.86. The molecule has 2 rings (SSSR count). The molecule has 0 aliphatic heterocycles. The number of nitrogens with zero attached hydrogens (tertiary/aromatic N) is 1. The predicted molar refractivity (Wildman–Crippen MR) is 66.9 cm³/mol. The minimum Gasteiger partial charge on any atom is -0.491 e. The van der Waals surface area contributed by atoms with Crippen LogP contribution in [-0.2, 0) is 0 Å². The van der Waals surface area contributed by atoms with Gasteiger partial charge in [0.1, 0.15) is 11.3 Å². The zero-order valence-electron chi connectivity index (χ0n) is 9.54. The number of benzene rings is 1. The number of pyridine rings is 1. The molecule has 1 unspecified atom stereocenters. The fourth-order valence-electron chi connectivity index (χ4n) is 1.60. The molecule has 2 aromatic rings. The summed E-state index contributed by atoms with van der Waals surface area (Å²) in [4.78, 5) is 4.29. The smallest absolute Gasteiger partial charge is 0.145 e. The summed E-state index contributed by atoms with van der Waals surface area (Å²) in [5.41, 5.74) is 6.46. The van der Waals surface area contributed by atoms with Crippen LogP contribution in [0.3, 0.4) is 0 Å². The van der Waals surface area contributed by atoms with E-state index in [1.807, 2.05) is 30.3 Å². The van der Waals surface area contributed by atoms with Crippen LogP contribution in [0.25, 0.3) is 10.9 Å². The lowest BCUT2D eigenvalue weighted by atomic mass is 10.2. The Morgan fingerprint density at radius 2 is 2.12 bits per heavy atom. The summed E-state index contributed by atoms with van der Waals surface area (Å²) in [6.07, 6.45) is 2.37. The number of nitrogens with two attached hydrogens (primary N) is 1. The third-order valence-corrected chi connectivity index (χ3v) is 2.58. The number of rotatable bonds is 5. The maximum absolute atomic E-state index is 8.81. The van der Waals surface area contributed by atoms with Gasteiger partial charge in [-0.05, 0) is 18.6 Å². The molecule has 3 N–H and O–H groups in total. The molecule has 4 nitrogen and oxygen atoms in total. The molecule has 1 atom stereocenters. The standard InChI is InChI=1S/C13H16N2O2/c14-11(9-16)6-8-17-12-5-1-3-10-4-2-7-15-13(10)12/h1-5,7,11,16H,6,8-9,14H2. The number of fused-ring (bicyclic) bond motifs is 1. The zero-order chi connectivity index (χ0) is 12.1. The van der Waals surface area contributed by atoms with Gasteiger partial charge >= 0.3 is 0 Å². The normalized spacial score (nSPS) is 12.6. The minimum absolute atomic E-state index is 0.0167. The van der Waals surface area contributed by atoms with E-state index in [-0.39, 0.29) is 12.6 Å². The van der Waals surface area contributed by atoms with Gasteiger partial charge in [-0.3, -0.25) is 4.98 Å². The van der Waals surface area contributed by atoms with Crippen molar-refractivity contribution in [2.75, 3.05) is 13.2 Å². The second-order valence-electron chi connectivity index (χ2n) is 3.91. The van der Waals surface area contributed by atoms with Gasteiger partial charge < -0.3 is 15.6 Å². The first-order chi connectivity index (χ1) is 8.31. The van der Waals surface area contributed by atoms with E-state index in [9.17, 15) is 0 Å². The van der Waals surface area contributed by atoms with Crippen molar-refractivity contribution in [1.29, 1.82) is 0 Å². The molecule has 0 aliphatic rings. The first-order valence-electron chi connectivity index (χ1n) is 5.64. The largest absolute Gasteiger partial charge is 0.491 e. The van der Waals surface area contributed by atoms with E-state index >= 15 is 0 Å². The van der Waals surface area contributed by atoms with Crippen LogP contribution in [0.2, 0.25) is 0 Å². The Morgan fingerprint density at radius 3 is 2.94 bits per heavy atom. The highest BCUT2D eigenvalue weighted by molar-refractivity contribution is 5.84. The van der Waals surface area contributed by atoms with Crippen molar-refractivity contribution in [3.63, 3.8) is 0 Å². The molecule has 0 spiro atoms. The highest BCUT2D eigenvalue weighted by atomic mass is 16.5. The fraction of sp³-hybridized carbons (Fsp3) is 0.308. The molecular formula is C13H16N2O2. The van der Waals surface area contributed by atoms with E-state index in [1.54, 1.807) is 6.20 Å². The molecule has 0 bridgehead atoms. The molecule has 0 saturated heterocycles. The highest BCUT2D eigenvalue weighted by Crippen LogP contribution is 2.22. The Bertz CT molecular complexity index is 482. The maximum Gasteiger partial charge on any atom is 0.145 e. The fourth-order valence-corrected chi connectivity index (χ4v) is 1.60. The molecule has 17 heavy (non-hydrogen) atoms. The third-order valence-electron chi connectivity index (χ3n) is 2.58. The van der Waals surface area contributed by atoms with Crippen molar-refractivity contribution in [1.82, 2.24) is 4.98 Å². The van der Waals surface area contributed by atoms with Crippen LogP contribution in [0, 0.1) is 0 Å². The second-order valence-corrected chi connectivity index (χ2v) is 3.91. The third kappa shape index (κ3) is 2.93. The summed E-state index contributed by atoms with van der Waals surface area (Å²) in [5.74, 6) is 0.758. The molecule has 1 heterocycles. The average Bonchev–Trinajstić information content (AvgIpc) is 2.39. The second kappa shape index (κ2) is 5.61. The monoisotopic (exact) mass is 232 g/mol. The van der Waals surface area contributed by atoms with E-state index in [4.69, 9.17) is 15.6 Å². The first-order valence-corrected chi connectivity index (χ1v) is 5.64. The molecular weight excluding hydrogens is 216 g/mol. The van der Waals surface area contributed by atoms with Gasteiger partial charge in [0.15, 0.2) is 0 Å². The minimum atomic E-state index is -0.224. The summed E-state index contributed by atoms with van der Waals surface area (Å²) in [6.45, 7) is 0.467. The molecule has 0 radical (unpaired) electrons. The van der Waals surface area contributed by atoms with Crippen LogP contribution in [0.4, 0.5) is 0 Å². The molecule has 4 heteroatoms. The van der Waals surface area contributed by atoms with E-state index < -0.39 is 0 Å². The van der Waals surface area contributed by atoms with Crippen molar-refractivity contribution in [3.05, 3.63) is 36.5 Å². The van der Waals surface area contributed by atoms with Gasteiger partial charge in [-0.1, -0.05) is 18.2 Å². The van der Waals surface area contributed by atoms with E-state index in [1.165, 1.54) is 0 Å². The number of hydrogen-bond donors (Lipinski definition) is 2. The lowest BCUT2D eigenvalue weighted by Gasteiger charge is -2.11. The number of ether oxygens (including phenoxy) is 1. The van der Waals surface area contributed by atoms with Crippen LogP contribution in [0.5, 0.6) is 5.75 Å². The van der Waals surface area contributed by atoms with Crippen molar-refractivity contribution >= 4 is 10.9 Å². The van der Waals surface area contributed by atoms with Crippen LogP contribution < -0.4 is 10.5 Å². The predicted octanol–water partition coefficient (Wildman–Crippen LogP) is 1.32. The Morgan fingerprint density at radius 1 is 1.29 bits per heavy atom. The lowest BCUT2D eigenvalue weighted by Crippen LogP contribution is -2.26. The molecule has 0 aliphatic carbocycles. The molecule has 1 aromatic heterocycles. The lowest BCUT2D eigenvalue weighted by molar-refractivity contribution is 0.231. The maximum atomic E-state index is 8.81. The zero-order valence-corrected chi connectivity index (χ0v) is 9.54. The van der Waals surface area contributed by atoms with Crippen LogP contribution in [0.1, 0.15) is 6.42 Å². The highest BCUT2D eigenvalue weighted by Gasteiger charge is 2.04. The molecule has 0 fully saturated rings. The van der Waals surface area contributed by atoms with Crippen LogP contribution >= 0.6 is 0 Å². The molecule has 0 amide bonds. The number of aliphatic hydroxyl groups is 1. The Labute approximate surface area is 100 Å². The Hall–Kier alpha value is -1.65. The van der Waals surface area contributed by atoms with Crippen LogP contribution in [-0.4, -0.2) is 29.3 Å². The van der Waals surface area contributed by atoms with Gasteiger partial charge in [0, 0.05) is 17.6 Å². The first kappa shape index (κ1) is 11.8. The van der Waals surface area contributed by atoms with Gasteiger partial charge in [-0.25, -0.2) is 0 Å². The number of aliphatic hydroxyl groups excluding tert-OH is 1. The summed E-state index contributed by atoms with van der Waals surface area (Å²) in [6, 6.07) is 9.49. The molecule has 1 aromatic carbocycles. The quantitative estimate of drug-likeness (QED) is 0.816. The van der Waals surface area contributed by atoms with E-state index in [0.29, 0.717) is 13.0 Å². The Balaban J connectivity index is 2.08. The number of hydrogen-bond acceptors (Lipinski definition) is 4. The van der Waals surface area contributed by atoms with Crippen LogP contribution in [0.15, 0.2) is 36.5 Å². The van der Waals surface area contributed by atoms with Crippen molar-refractivity contribution in [2.24, 2.45) is 5.73 Å². The number of aromatic nitrogens is 1. The van der Waals surface area contributed by atoms with Gasteiger partial charge in [0.25, 0.3) is 0 Å². The van der Waals surface area contributed by atoms with Gasteiger partial charge in [-0.15, -0.1) is 0 Å².